The van der Waals surface area contributed by atoms with E-state index in [4.69, 9.17) is 0 Å². The first kappa shape index (κ1) is 19.9. The molecule has 0 aromatic rings. The third-order valence-electron chi connectivity index (χ3n) is 3.93. The van der Waals surface area contributed by atoms with Gasteiger partial charge in [-0.1, -0.05) is 85.6 Å². The summed E-state index contributed by atoms with van der Waals surface area (Å²) in [6, 6.07) is 0. The molecule has 0 aliphatic heterocycles. The first-order valence-corrected chi connectivity index (χ1v) is 7.74. The lowest BCUT2D eigenvalue weighted by Gasteiger charge is -2.34. The molecule has 0 aliphatic rings. The van der Waals surface area contributed by atoms with Crippen LogP contribution < -0.4 is 0 Å². The quantitative estimate of drug-likeness (QED) is 0.427. The van der Waals surface area contributed by atoms with Crippen LogP contribution in [0.1, 0.15) is 34.6 Å². The summed E-state index contributed by atoms with van der Waals surface area (Å²) in [6.07, 6.45) is 22.5. The number of rotatable bonds is 8. The fourth-order valence-electron chi connectivity index (χ4n) is 2.48. The molecule has 0 bridgehead atoms. The normalized spacial score (nSPS) is 17.4. The molecule has 0 aromatic carbocycles. The minimum absolute atomic E-state index is 0.192. The number of hydrogen-bond donors (Lipinski definition) is 0. The first-order valence-electron chi connectivity index (χ1n) is 7.74. The molecular formula is C22H30. The van der Waals surface area contributed by atoms with Crippen LogP contribution in [-0.2, 0) is 0 Å². The van der Waals surface area contributed by atoms with E-state index in [1.54, 1.807) is 0 Å². The third-order valence-corrected chi connectivity index (χ3v) is 3.93. The SMILES string of the molecule is C=C/C=C\C(=C/C)C(C)(/C(C)=C/C=C\C)C(/C=C\C=C)=C/C. The Balaban J connectivity index is 6.28. The molecule has 0 saturated heterocycles. The van der Waals surface area contributed by atoms with Gasteiger partial charge in [-0.25, -0.2) is 0 Å². The molecule has 0 atom stereocenters. The van der Waals surface area contributed by atoms with Crippen LogP contribution in [-0.4, -0.2) is 0 Å². The third kappa shape index (κ3) is 5.04. The molecule has 0 nitrogen and oxygen atoms in total. The van der Waals surface area contributed by atoms with Gasteiger partial charge in [-0.2, -0.15) is 0 Å². The molecule has 0 N–H and O–H groups in total. The second-order valence-electron chi connectivity index (χ2n) is 5.18. The van der Waals surface area contributed by atoms with Gasteiger partial charge in [0.2, 0.25) is 0 Å². The lowest BCUT2D eigenvalue weighted by atomic mass is 9.69. The molecule has 22 heavy (non-hydrogen) atoms. The predicted octanol–water partition coefficient (Wildman–Crippen LogP) is 6.89. The Hall–Kier alpha value is -2.08. The zero-order valence-corrected chi connectivity index (χ0v) is 14.8. The van der Waals surface area contributed by atoms with Gasteiger partial charge in [-0.3, -0.25) is 0 Å². The van der Waals surface area contributed by atoms with Crippen molar-refractivity contribution in [3.05, 3.63) is 96.7 Å². The maximum Gasteiger partial charge on any atom is 0.0376 e. The topological polar surface area (TPSA) is 0 Å². The van der Waals surface area contributed by atoms with Crippen molar-refractivity contribution in [1.82, 2.24) is 0 Å². The van der Waals surface area contributed by atoms with Crippen molar-refractivity contribution >= 4 is 0 Å². The molecular weight excluding hydrogens is 264 g/mol. The first-order chi connectivity index (χ1) is 10.5. The van der Waals surface area contributed by atoms with E-state index in [-0.39, 0.29) is 5.41 Å². The molecule has 0 aliphatic carbocycles. The van der Waals surface area contributed by atoms with Crippen LogP contribution in [0.4, 0.5) is 0 Å². The van der Waals surface area contributed by atoms with E-state index in [9.17, 15) is 0 Å². The average molecular weight is 294 g/mol. The average Bonchev–Trinajstić information content (AvgIpc) is 2.53. The summed E-state index contributed by atoms with van der Waals surface area (Å²) < 4.78 is 0. The number of allylic oxidation sites excluding steroid dienone is 14. The molecule has 0 aromatic heterocycles. The van der Waals surface area contributed by atoms with Gasteiger partial charge >= 0.3 is 0 Å². The molecule has 0 fully saturated rings. The van der Waals surface area contributed by atoms with E-state index in [1.807, 2.05) is 37.3 Å². The van der Waals surface area contributed by atoms with Crippen molar-refractivity contribution in [3.63, 3.8) is 0 Å². The highest BCUT2D eigenvalue weighted by Crippen LogP contribution is 2.43. The van der Waals surface area contributed by atoms with Gasteiger partial charge < -0.3 is 0 Å². The Morgan fingerprint density at radius 3 is 1.59 bits per heavy atom. The van der Waals surface area contributed by atoms with E-state index in [0.717, 1.165) is 0 Å². The van der Waals surface area contributed by atoms with E-state index in [2.05, 4.69) is 77.3 Å². The predicted molar refractivity (Wildman–Crippen MR) is 103 cm³/mol. The largest absolute Gasteiger partial charge is 0.0991 e. The summed E-state index contributed by atoms with van der Waals surface area (Å²) in [5.74, 6) is 0. The van der Waals surface area contributed by atoms with Gasteiger partial charge in [0.25, 0.3) is 0 Å². The Labute approximate surface area is 137 Å². The molecule has 118 valence electrons. The van der Waals surface area contributed by atoms with Crippen molar-refractivity contribution < 1.29 is 0 Å². The number of hydrogen-bond acceptors (Lipinski definition) is 0. The lowest BCUT2D eigenvalue weighted by molar-refractivity contribution is 0.599. The van der Waals surface area contributed by atoms with Crippen LogP contribution in [0.2, 0.25) is 0 Å². The smallest absolute Gasteiger partial charge is 0.0376 e. The molecule has 0 unspecified atom stereocenters. The highest BCUT2D eigenvalue weighted by molar-refractivity contribution is 5.49. The summed E-state index contributed by atoms with van der Waals surface area (Å²) in [5, 5.41) is 0. The standard InChI is InChI=1S/C22H30/c1-8-13-16-19(6)22(7,20(11-4)17-14-9-2)21(12-5)18-15-10-3/h8-18H,2-3H2,1,4-7H3/b13-8-,17-14-,18-15-,19-16+,20-11+,21-12+. The second kappa shape index (κ2) is 10.6. The monoisotopic (exact) mass is 294 g/mol. The zero-order chi connectivity index (χ0) is 17.0. The van der Waals surface area contributed by atoms with Crippen molar-refractivity contribution in [2.75, 3.05) is 0 Å². The molecule has 0 saturated carbocycles. The van der Waals surface area contributed by atoms with Crippen molar-refractivity contribution in [2.24, 2.45) is 5.41 Å². The maximum absolute atomic E-state index is 3.78. The Morgan fingerprint density at radius 1 is 0.818 bits per heavy atom. The zero-order valence-electron chi connectivity index (χ0n) is 14.8. The summed E-state index contributed by atoms with van der Waals surface area (Å²) in [5.41, 5.74) is 3.58. The van der Waals surface area contributed by atoms with Crippen LogP contribution in [0.5, 0.6) is 0 Å². The molecule has 0 rings (SSSR count). The van der Waals surface area contributed by atoms with Gasteiger partial charge in [0.15, 0.2) is 0 Å². The fraction of sp³-hybridized carbons (Fsp3) is 0.273. The van der Waals surface area contributed by atoms with Crippen LogP contribution in [0, 0.1) is 5.41 Å². The van der Waals surface area contributed by atoms with E-state index < -0.39 is 0 Å². The summed E-state index contributed by atoms with van der Waals surface area (Å²) >= 11 is 0. The molecule has 0 heteroatoms. The van der Waals surface area contributed by atoms with Gasteiger partial charge in [-0.15, -0.1) is 0 Å². The van der Waals surface area contributed by atoms with Crippen molar-refractivity contribution in [2.45, 2.75) is 34.6 Å². The highest BCUT2D eigenvalue weighted by atomic mass is 14.3. The Bertz CT molecular complexity index is 509. The second-order valence-corrected chi connectivity index (χ2v) is 5.18. The molecule has 0 spiro atoms. The van der Waals surface area contributed by atoms with Gasteiger partial charge in [-0.05, 0) is 45.8 Å². The van der Waals surface area contributed by atoms with Gasteiger partial charge in [0, 0.05) is 5.41 Å². The molecule has 0 heterocycles. The van der Waals surface area contributed by atoms with Crippen LogP contribution in [0.15, 0.2) is 96.7 Å². The lowest BCUT2D eigenvalue weighted by Crippen LogP contribution is -2.22. The van der Waals surface area contributed by atoms with Crippen molar-refractivity contribution in [3.8, 4) is 0 Å². The van der Waals surface area contributed by atoms with E-state index >= 15 is 0 Å². The van der Waals surface area contributed by atoms with E-state index in [0.29, 0.717) is 0 Å². The van der Waals surface area contributed by atoms with Crippen LogP contribution >= 0.6 is 0 Å². The van der Waals surface area contributed by atoms with Crippen molar-refractivity contribution in [1.29, 1.82) is 0 Å². The Morgan fingerprint density at radius 2 is 1.27 bits per heavy atom. The maximum atomic E-state index is 3.78. The Kier molecular flexibility index (Phi) is 9.61. The minimum Gasteiger partial charge on any atom is -0.0991 e. The molecule has 0 amide bonds. The van der Waals surface area contributed by atoms with Crippen LogP contribution in [0.25, 0.3) is 0 Å². The summed E-state index contributed by atoms with van der Waals surface area (Å²) in [4.78, 5) is 0. The molecule has 0 radical (unpaired) electrons. The highest BCUT2D eigenvalue weighted by Gasteiger charge is 2.31. The van der Waals surface area contributed by atoms with E-state index in [1.165, 1.54) is 16.7 Å². The summed E-state index contributed by atoms with van der Waals surface area (Å²) in [6.45, 7) is 18.2. The van der Waals surface area contributed by atoms with Gasteiger partial charge in [0.1, 0.15) is 0 Å². The minimum atomic E-state index is -0.192. The fourth-order valence-corrected chi connectivity index (χ4v) is 2.48. The summed E-state index contributed by atoms with van der Waals surface area (Å²) in [7, 11) is 0. The van der Waals surface area contributed by atoms with Crippen LogP contribution in [0.3, 0.4) is 0 Å². The van der Waals surface area contributed by atoms with Gasteiger partial charge in [0.05, 0.1) is 0 Å².